The summed E-state index contributed by atoms with van der Waals surface area (Å²) < 4.78 is 17.9. The number of ether oxygens (including phenoxy) is 1. The van der Waals surface area contributed by atoms with Gasteiger partial charge < -0.3 is 10.1 Å². The molecule has 0 fully saturated rings. The average molecular weight is 290 g/mol. The minimum atomic E-state index is -0.314. The van der Waals surface area contributed by atoms with Crippen LogP contribution in [0.25, 0.3) is 0 Å². The number of nitrogens with one attached hydrogen (secondary N) is 1. The molecule has 5 heteroatoms. The molecule has 1 unspecified atom stereocenters. The van der Waals surface area contributed by atoms with Crippen LogP contribution in [0.4, 0.5) is 10.1 Å². The van der Waals surface area contributed by atoms with Crippen LogP contribution >= 0.6 is 15.9 Å². The van der Waals surface area contributed by atoms with Crippen LogP contribution in [0.1, 0.15) is 13.3 Å². The molecule has 0 radical (unpaired) electrons. The smallest absolute Gasteiger partial charge is 0.307 e. The van der Waals surface area contributed by atoms with Gasteiger partial charge in [-0.15, -0.1) is 0 Å². The van der Waals surface area contributed by atoms with Crippen molar-refractivity contribution in [3.63, 3.8) is 0 Å². The number of carbonyl (C=O) groups is 1. The van der Waals surface area contributed by atoms with Crippen molar-refractivity contribution in [3.05, 3.63) is 28.5 Å². The van der Waals surface area contributed by atoms with E-state index in [1.54, 1.807) is 12.1 Å². The van der Waals surface area contributed by atoms with E-state index in [0.717, 1.165) is 5.69 Å². The highest BCUT2D eigenvalue weighted by atomic mass is 79.9. The van der Waals surface area contributed by atoms with Gasteiger partial charge in [0.2, 0.25) is 0 Å². The average Bonchev–Trinajstić information content (AvgIpc) is 2.23. The first kappa shape index (κ1) is 13.0. The topological polar surface area (TPSA) is 38.3 Å². The number of carbonyl (C=O) groups excluding carboxylic acids is 1. The Bertz CT molecular complexity index is 384. The van der Waals surface area contributed by atoms with E-state index < -0.39 is 0 Å². The zero-order valence-corrected chi connectivity index (χ0v) is 10.7. The summed E-state index contributed by atoms with van der Waals surface area (Å²) in [5.74, 6) is -0.590. The van der Waals surface area contributed by atoms with Crippen LogP contribution in [-0.2, 0) is 9.53 Å². The highest BCUT2D eigenvalue weighted by Gasteiger charge is 2.09. The zero-order chi connectivity index (χ0) is 12.1. The van der Waals surface area contributed by atoms with Crippen LogP contribution in [0.5, 0.6) is 0 Å². The largest absolute Gasteiger partial charge is 0.469 e. The number of methoxy groups -OCH3 is 1. The zero-order valence-electron chi connectivity index (χ0n) is 9.09. The van der Waals surface area contributed by atoms with Gasteiger partial charge in [0, 0.05) is 11.7 Å². The van der Waals surface area contributed by atoms with Gasteiger partial charge in [-0.2, -0.15) is 0 Å². The summed E-state index contributed by atoms with van der Waals surface area (Å²) in [7, 11) is 1.35. The Labute approximate surface area is 102 Å². The molecule has 0 heterocycles. The molecule has 1 N–H and O–H groups in total. The van der Waals surface area contributed by atoms with Crippen molar-refractivity contribution in [2.75, 3.05) is 12.4 Å². The van der Waals surface area contributed by atoms with E-state index in [-0.39, 0.29) is 24.2 Å². The van der Waals surface area contributed by atoms with Crippen LogP contribution in [-0.4, -0.2) is 19.1 Å². The monoisotopic (exact) mass is 289 g/mol. The quantitative estimate of drug-likeness (QED) is 0.866. The molecule has 0 aliphatic heterocycles. The second-order valence-electron chi connectivity index (χ2n) is 3.45. The van der Waals surface area contributed by atoms with Gasteiger partial charge in [0.1, 0.15) is 5.82 Å². The summed E-state index contributed by atoms with van der Waals surface area (Å²) in [4.78, 5) is 11.0. The Kier molecular flexibility index (Phi) is 4.73. The molecule has 0 saturated heterocycles. The van der Waals surface area contributed by atoms with Crippen molar-refractivity contribution >= 4 is 27.6 Å². The molecule has 1 atom stereocenters. The van der Waals surface area contributed by atoms with Gasteiger partial charge >= 0.3 is 5.97 Å². The first-order valence-corrected chi connectivity index (χ1v) is 5.60. The fourth-order valence-corrected chi connectivity index (χ4v) is 1.63. The summed E-state index contributed by atoms with van der Waals surface area (Å²) >= 11 is 3.09. The van der Waals surface area contributed by atoms with Crippen LogP contribution in [0.2, 0.25) is 0 Å². The first-order valence-electron chi connectivity index (χ1n) is 4.81. The molecule has 1 aromatic rings. The maximum Gasteiger partial charge on any atom is 0.307 e. The molecule has 0 aliphatic carbocycles. The minimum absolute atomic E-state index is 0.0650. The van der Waals surface area contributed by atoms with E-state index in [1.165, 1.54) is 13.2 Å². The number of hydrogen-bond donors (Lipinski definition) is 1. The summed E-state index contributed by atoms with van der Waals surface area (Å²) in [6, 6.07) is 4.54. The molecule has 0 aliphatic rings. The summed E-state index contributed by atoms with van der Waals surface area (Å²) in [6.07, 6.45) is 0.269. The van der Waals surface area contributed by atoms with Crippen molar-refractivity contribution in [2.45, 2.75) is 19.4 Å². The van der Waals surface area contributed by atoms with Gasteiger partial charge in [-0.1, -0.05) is 0 Å². The number of halogens is 2. The number of anilines is 1. The molecule has 88 valence electrons. The SMILES string of the molecule is COC(=O)CC(C)Nc1ccc(F)c(Br)c1. The Hall–Kier alpha value is -1.10. The van der Waals surface area contributed by atoms with E-state index in [0.29, 0.717) is 4.47 Å². The maximum absolute atomic E-state index is 13.0. The van der Waals surface area contributed by atoms with E-state index in [1.807, 2.05) is 6.92 Å². The number of benzene rings is 1. The lowest BCUT2D eigenvalue weighted by Crippen LogP contribution is -2.20. The predicted molar refractivity (Wildman–Crippen MR) is 63.8 cm³/mol. The lowest BCUT2D eigenvalue weighted by Gasteiger charge is -2.14. The third-order valence-electron chi connectivity index (χ3n) is 2.03. The molecule has 1 aromatic carbocycles. The molecule has 0 amide bonds. The van der Waals surface area contributed by atoms with Crippen molar-refractivity contribution in [2.24, 2.45) is 0 Å². The van der Waals surface area contributed by atoms with Crippen molar-refractivity contribution in [1.82, 2.24) is 0 Å². The van der Waals surface area contributed by atoms with E-state index >= 15 is 0 Å². The summed E-state index contributed by atoms with van der Waals surface area (Å²) in [5, 5.41) is 3.08. The second kappa shape index (κ2) is 5.84. The van der Waals surface area contributed by atoms with Crippen LogP contribution in [0, 0.1) is 5.82 Å². The molecular weight excluding hydrogens is 277 g/mol. The first-order chi connectivity index (χ1) is 7.52. The Morgan fingerprint density at radius 3 is 2.88 bits per heavy atom. The molecular formula is C11H13BrFNO2. The van der Waals surface area contributed by atoms with Crippen LogP contribution < -0.4 is 5.32 Å². The van der Waals surface area contributed by atoms with E-state index in [4.69, 9.17) is 0 Å². The second-order valence-corrected chi connectivity index (χ2v) is 4.31. The number of esters is 1. The Morgan fingerprint density at radius 2 is 2.31 bits per heavy atom. The summed E-state index contributed by atoms with van der Waals surface area (Å²) in [5.41, 5.74) is 0.754. The fraction of sp³-hybridized carbons (Fsp3) is 0.364. The van der Waals surface area contributed by atoms with E-state index in [2.05, 4.69) is 26.0 Å². The Balaban J connectivity index is 2.59. The number of hydrogen-bond acceptors (Lipinski definition) is 3. The van der Waals surface area contributed by atoms with Crippen molar-refractivity contribution in [3.8, 4) is 0 Å². The van der Waals surface area contributed by atoms with E-state index in [9.17, 15) is 9.18 Å². The molecule has 3 nitrogen and oxygen atoms in total. The lowest BCUT2D eigenvalue weighted by molar-refractivity contribution is -0.140. The van der Waals surface area contributed by atoms with Gasteiger partial charge in [0.05, 0.1) is 18.0 Å². The minimum Gasteiger partial charge on any atom is -0.469 e. The van der Waals surface area contributed by atoms with Crippen LogP contribution in [0.3, 0.4) is 0 Å². The van der Waals surface area contributed by atoms with Gasteiger partial charge in [-0.25, -0.2) is 4.39 Å². The summed E-state index contributed by atoms with van der Waals surface area (Å²) in [6.45, 7) is 1.86. The highest BCUT2D eigenvalue weighted by molar-refractivity contribution is 9.10. The Morgan fingerprint density at radius 1 is 1.62 bits per heavy atom. The van der Waals surface area contributed by atoms with Gasteiger partial charge in [-0.05, 0) is 41.1 Å². The third-order valence-corrected chi connectivity index (χ3v) is 2.64. The highest BCUT2D eigenvalue weighted by Crippen LogP contribution is 2.20. The van der Waals surface area contributed by atoms with Gasteiger partial charge in [0.25, 0.3) is 0 Å². The fourth-order valence-electron chi connectivity index (χ4n) is 1.25. The third kappa shape index (κ3) is 3.81. The molecule has 1 rings (SSSR count). The number of rotatable bonds is 4. The molecule has 0 aromatic heterocycles. The predicted octanol–water partition coefficient (Wildman–Crippen LogP) is 2.95. The van der Waals surface area contributed by atoms with Crippen molar-refractivity contribution in [1.29, 1.82) is 0 Å². The molecule has 0 spiro atoms. The van der Waals surface area contributed by atoms with Gasteiger partial charge in [-0.3, -0.25) is 4.79 Å². The van der Waals surface area contributed by atoms with Crippen LogP contribution in [0.15, 0.2) is 22.7 Å². The molecule has 16 heavy (non-hydrogen) atoms. The maximum atomic E-state index is 13.0. The molecule has 0 saturated carbocycles. The van der Waals surface area contributed by atoms with Crippen molar-refractivity contribution < 1.29 is 13.9 Å². The molecule has 0 bridgehead atoms. The van der Waals surface area contributed by atoms with Gasteiger partial charge in [0.15, 0.2) is 0 Å². The lowest BCUT2D eigenvalue weighted by atomic mass is 10.2. The normalized spacial score (nSPS) is 12.0. The standard InChI is InChI=1S/C11H13BrFNO2/c1-7(5-11(15)16-2)14-8-3-4-10(13)9(12)6-8/h3-4,6-7,14H,5H2,1-2H3.